The molecular weight excluding hydrogens is 242 g/mol. The SMILES string of the molecule is C/C(=C/C(=O)N[C@@H]1CCCCC[C@H]1C(=O)O)C1CC1. The fraction of sp³-hybridized carbons (Fsp3) is 0.733. The standard InChI is InChI=1S/C15H23NO3/c1-10(11-7-8-11)9-14(17)16-13-6-4-2-3-5-12(13)15(18)19/h9,11-13H,2-8H2,1H3,(H,16,17)(H,18,19)/b10-9-/t12-,13-/m1/s1. The highest BCUT2D eigenvalue weighted by Gasteiger charge is 2.30. The van der Waals surface area contributed by atoms with E-state index in [4.69, 9.17) is 0 Å². The predicted octanol–water partition coefficient (Wildman–Crippen LogP) is 2.49. The van der Waals surface area contributed by atoms with E-state index in [-0.39, 0.29) is 11.9 Å². The molecule has 106 valence electrons. The Bertz CT molecular complexity index is 385. The average molecular weight is 265 g/mol. The molecule has 2 saturated carbocycles. The van der Waals surface area contributed by atoms with Crippen LogP contribution in [-0.4, -0.2) is 23.0 Å². The van der Waals surface area contributed by atoms with Crippen LogP contribution in [0.2, 0.25) is 0 Å². The molecule has 0 bridgehead atoms. The maximum atomic E-state index is 12.0. The summed E-state index contributed by atoms with van der Waals surface area (Å²) in [6.07, 6.45) is 8.47. The van der Waals surface area contributed by atoms with Gasteiger partial charge in [-0.1, -0.05) is 24.8 Å². The van der Waals surface area contributed by atoms with Gasteiger partial charge >= 0.3 is 5.97 Å². The monoisotopic (exact) mass is 265 g/mol. The van der Waals surface area contributed by atoms with E-state index < -0.39 is 11.9 Å². The first-order chi connectivity index (χ1) is 9.08. The number of amides is 1. The van der Waals surface area contributed by atoms with Crippen molar-refractivity contribution in [3.8, 4) is 0 Å². The molecule has 2 rings (SSSR count). The van der Waals surface area contributed by atoms with E-state index in [1.54, 1.807) is 6.08 Å². The molecule has 4 nitrogen and oxygen atoms in total. The van der Waals surface area contributed by atoms with Gasteiger partial charge in [-0.25, -0.2) is 0 Å². The van der Waals surface area contributed by atoms with Crippen molar-refractivity contribution in [2.75, 3.05) is 0 Å². The van der Waals surface area contributed by atoms with Gasteiger partial charge < -0.3 is 10.4 Å². The summed E-state index contributed by atoms with van der Waals surface area (Å²) in [6.45, 7) is 1.99. The second kappa shape index (κ2) is 6.22. The van der Waals surface area contributed by atoms with Crippen molar-refractivity contribution >= 4 is 11.9 Å². The van der Waals surface area contributed by atoms with Crippen LogP contribution in [-0.2, 0) is 9.59 Å². The Kier molecular flexibility index (Phi) is 4.61. The summed E-state index contributed by atoms with van der Waals surface area (Å²) >= 11 is 0. The van der Waals surface area contributed by atoms with Gasteiger partial charge in [0, 0.05) is 12.1 Å². The van der Waals surface area contributed by atoms with Crippen LogP contribution in [0.4, 0.5) is 0 Å². The number of hydrogen-bond acceptors (Lipinski definition) is 2. The molecular formula is C15H23NO3. The number of carbonyl (C=O) groups excluding carboxylic acids is 1. The molecule has 0 heterocycles. The number of carbonyl (C=O) groups is 2. The molecule has 0 aromatic carbocycles. The van der Waals surface area contributed by atoms with E-state index in [0.29, 0.717) is 12.3 Å². The Morgan fingerprint density at radius 2 is 1.79 bits per heavy atom. The molecule has 0 unspecified atom stereocenters. The van der Waals surface area contributed by atoms with Crippen LogP contribution in [0.1, 0.15) is 51.9 Å². The third kappa shape index (κ3) is 4.08. The first kappa shape index (κ1) is 14.1. The van der Waals surface area contributed by atoms with Crippen molar-refractivity contribution in [3.63, 3.8) is 0 Å². The molecule has 0 spiro atoms. The number of carboxylic acids is 1. The minimum absolute atomic E-state index is 0.123. The summed E-state index contributed by atoms with van der Waals surface area (Å²) in [5.41, 5.74) is 1.12. The van der Waals surface area contributed by atoms with Crippen LogP contribution >= 0.6 is 0 Å². The molecule has 2 aliphatic carbocycles. The Balaban J connectivity index is 1.95. The molecule has 2 fully saturated rings. The van der Waals surface area contributed by atoms with Crippen molar-refractivity contribution in [3.05, 3.63) is 11.6 Å². The molecule has 0 saturated heterocycles. The lowest BCUT2D eigenvalue weighted by Gasteiger charge is -2.22. The lowest BCUT2D eigenvalue weighted by molar-refractivity contribution is -0.143. The average Bonchev–Trinajstić information content (AvgIpc) is 3.15. The van der Waals surface area contributed by atoms with Gasteiger partial charge in [0.05, 0.1) is 5.92 Å². The van der Waals surface area contributed by atoms with Crippen molar-refractivity contribution in [2.24, 2.45) is 11.8 Å². The summed E-state index contributed by atoms with van der Waals surface area (Å²) in [7, 11) is 0. The van der Waals surface area contributed by atoms with Crippen molar-refractivity contribution < 1.29 is 14.7 Å². The van der Waals surface area contributed by atoms with Gasteiger partial charge in [-0.15, -0.1) is 0 Å². The Labute approximate surface area is 114 Å². The van der Waals surface area contributed by atoms with E-state index in [0.717, 1.165) is 31.3 Å². The van der Waals surface area contributed by atoms with E-state index in [2.05, 4.69) is 5.32 Å². The summed E-state index contributed by atoms with van der Waals surface area (Å²) in [4.78, 5) is 23.2. The lowest BCUT2D eigenvalue weighted by atomic mass is 9.95. The van der Waals surface area contributed by atoms with E-state index in [1.165, 1.54) is 12.8 Å². The van der Waals surface area contributed by atoms with Crippen molar-refractivity contribution in [1.82, 2.24) is 5.32 Å². The van der Waals surface area contributed by atoms with Gasteiger partial charge in [0.25, 0.3) is 0 Å². The molecule has 2 atom stereocenters. The Morgan fingerprint density at radius 3 is 2.42 bits per heavy atom. The zero-order chi connectivity index (χ0) is 13.8. The molecule has 2 N–H and O–H groups in total. The first-order valence-electron chi connectivity index (χ1n) is 7.29. The van der Waals surface area contributed by atoms with Gasteiger partial charge in [0.2, 0.25) is 5.91 Å². The van der Waals surface area contributed by atoms with Gasteiger partial charge in [-0.05, 0) is 38.5 Å². The van der Waals surface area contributed by atoms with Crippen LogP contribution in [0.3, 0.4) is 0 Å². The molecule has 0 aromatic rings. The van der Waals surface area contributed by atoms with Gasteiger partial charge in [0.15, 0.2) is 0 Å². The van der Waals surface area contributed by atoms with Crippen LogP contribution < -0.4 is 5.32 Å². The Hall–Kier alpha value is -1.32. The third-order valence-electron chi connectivity index (χ3n) is 4.24. The maximum Gasteiger partial charge on any atom is 0.308 e. The van der Waals surface area contributed by atoms with Gasteiger partial charge in [0.1, 0.15) is 0 Å². The zero-order valence-electron chi connectivity index (χ0n) is 11.5. The van der Waals surface area contributed by atoms with Gasteiger partial charge in [-0.2, -0.15) is 0 Å². The maximum absolute atomic E-state index is 12.0. The molecule has 0 aromatic heterocycles. The fourth-order valence-corrected chi connectivity index (χ4v) is 2.86. The van der Waals surface area contributed by atoms with E-state index in [9.17, 15) is 14.7 Å². The second-order valence-electron chi connectivity index (χ2n) is 5.86. The number of aliphatic carboxylic acids is 1. The highest BCUT2D eigenvalue weighted by atomic mass is 16.4. The van der Waals surface area contributed by atoms with Crippen LogP contribution in [0, 0.1) is 11.8 Å². The predicted molar refractivity (Wildman–Crippen MR) is 72.6 cm³/mol. The number of carboxylic acid groups (broad SMARTS) is 1. The summed E-state index contributed by atoms with van der Waals surface area (Å²) in [5.74, 6) is -0.756. The normalized spacial score (nSPS) is 28.6. The van der Waals surface area contributed by atoms with E-state index in [1.807, 2.05) is 6.92 Å². The van der Waals surface area contributed by atoms with Crippen LogP contribution in [0.15, 0.2) is 11.6 Å². The summed E-state index contributed by atoms with van der Waals surface area (Å²) < 4.78 is 0. The van der Waals surface area contributed by atoms with Crippen molar-refractivity contribution in [2.45, 2.75) is 57.9 Å². The van der Waals surface area contributed by atoms with Crippen LogP contribution in [0.25, 0.3) is 0 Å². The summed E-state index contributed by atoms with van der Waals surface area (Å²) in [6, 6.07) is -0.212. The summed E-state index contributed by atoms with van der Waals surface area (Å²) in [5, 5.41) is 12.2. The van der Waals surface area contributed by atoms with E-state index >= 15 is 0 Å². The Morgan fingerprint density at radius 1 is 1.11 bits per heavy atom. The highest BCUT2D eigenvalue weighted by molar-refractivity contribution is 5.89. The quantitative estimate of drug-likeness (QED) is 0.606. The number of rotatable bonds is 4. The number of allylic oxidation sites excluding steroid dienone is 1. The largest absolute Gasteiger partial charge is 0.481 e. The van der Waals surface area contributed by atoms with Crippen molar-refractivity contribution in [1.29, 1.82) is 0 Å². The fourth-order valence-electron chi connectivity index (χ4n) is 2.86. The minimum Gasteiger partial charge on any atom is -0.481 e. The molecule has 0 radical (unpaired) electrons. The topological polar surface area (TPSA) is 66.4 Å². The molecule has 19 heavy (non-hydrogen) atoms. The highest BCUT2D eigenvalue weighted by Crippen LogP contribution is 2.35. The molecule has 1 amide bonds. The lowest BCUT2D eigenvalue weighted by Crippen LogP contribution is -2.42. The molecule has 2 aliphatic rings. The van der Waals surface area contributed by atoms with Gasteiger partial charge in [-0.3, -0.25) is 9.59 Å². The first-order valence-corrected chi connectivity index (χ1v) is 7.29. The number of nitrogens with one attached hydrogen (secondary N) is 1. The third-order valence-corrected chi connectivity index (χ3v) is 4.24. The molecule has 0 aliphatic heterocycles. The van der Waals surface area contributed by atoms with Crippen LogP contribution in [0.5, 0.6) is 0 Å². The number of hydrogen-bond donors (Lipinski definition) is 2. The zero-order valence-corrected chi connectivity index (χ0v) is 11.5. The second-order valence-corrected chi connectivity index (χ2v) is 5.86. The molecule has 4 heteroatoms. The smallest absolute Gasteiger partial charge is 0.308 e. The minimum atomic E-state index is -0.782.